The van der Waals surface area contributed by atoms with Crippen molar-refractivity contribution < 1.29 is 14.4 Å². The first-order valence-corrected chi connectivity index (χ1v) is 7.08. The summed E-state index contributed by atoms with van der Waals surface area (Å²) in [5.74, 6) is 0.895. The highest BCUT2D eigenvalue weighted by Gasteiger charge is 2.13. The van der Waals surface area contributed by atoms with Crippen LogP contribution in [0.3, 0.4) is 0 Å². The van der Waals surface area contributed by atoms with Gasteiger partial charge in [0.1, 0.15) is 24.5 Å². The minimum Gasteiger partial charge on any atom is -0.488 e. The average molecular weight is 310 g/mol. The standard InChI is InChI=1S/C17H14N2O4/c20-19(21)14-7-1-2-8-15(14)22-11-12-23-16-9-3-5-13-6-4-10-18-17(13)16/h1-10H,11-12H2. The first-order valence-electron chi connectivity index (χ1n) is 7.08. The van der Waals surface area contributed by atoms with Crippen molar-refractivity contribution in [3.8, 4) is 11.5 Å². The van der Waals surface area contributed by atoms with E-state index in [0.29, 0.717) is 5.75 Å². The molecule has 1 aromatic heterocycles. The fraction of sp³-hybridized carbons (Fsp3) is 0.118. The van der Waals surface area contributed by atoms with Gasteiger partial charge in [-0.2, -0.15) is 0 Å². The van der Waals surface area contributed by atoms with Gasteiger partial charge < -0.3 is 9.47 Å². The normalized spacial score (nSPS) is 10.4. The minimum absolute atomic E-state index is 0.0562. The number of rotatable bonds is 6. The molecule has 0 saturated heterocycles. The monoisotopic (exact) mass is 310 g/mol. The average Bonchev–Trinajstić information content (AvgIpc) is 2.59. The Kier molecular flexibility index (Phi) is 4.33. The van der Waals surface area contributed by atoms with Gasteiger partial charge in [-0.3, -0.25) is 15.1 Å². The van der Waals surface area contributed by atoms with Gasteiger partial charge in [0.2, 0.25) is 0 Å². The van der Waals surface area contributed by atoms with Crippen molar-refractivity contribution >= 4 is 16.6 Å². The Bertz CT molecular complexity index is 830. The highest BCUT2D eigenvalue weighted by atomic mass is 16.6. The summed E-state index contributed by atoms with van der Waals surface area (Å²) >= 11 is 0. The highest BCUT2D eigenvalue weighted by molar-refractivity contribution is 5.84. The molecule has 1 heterocycles. The van der Waals surface area contributed by atoms with Crippen LogP contribution in [0.5, 0.6) is 11.5 Å². The van der Waals surface area contributed by atoms with Gasteiger partial charge in [-0.25, -0.2) is 0 Å². The van der Waals surface area contributed by atoms with Crippen LogP contribution in [0.15, 0.2) is 60.8 Å². The number of nitrogens with zero attached hydrogens (tertiary/aromatic N) is 2. The van der Waals surface area contributed by atoms with E-state index in [4.69, 9.17) is 9.47 Å². The largest absolute Gasteiger partial charge is 0.488 e. The second-order valence-electron chi connectivity index (χ2n) is 4.75. The summed E-state index contributed by atoms with van der Waals surface area (Å²) in [6.45, 7) is 0.468. The van der Waals surface area contributed by atoms with Crippen molar-refractivity contribution in [1.82, 2.24) is 4.98 Å². The molecule has 3 rings (SSSR count). The summed E-state index contributed by atoms with van der Waals surface area (Å²) in [7, 11) is 0. The van der Waals surface area contributed by atoms with Gasteiger partial charge in [-0.05, 0) is 18.2 Å². The van der Waals surface area contributed by atoms with Crippen molar-refractivity contribution in [2.45, 2.75) is 0 Å². The van der Waals surface area contributed by atoms with E-state index in [-0.39, 0.29) is 24.7 Å². The number of hydrogen-bond acceptors (Lipinski definition) is 5. The molecule has 6 nitrogen and oxygen atoms in total. The predicted octanol–water partition coefficient (Wildman–Crippen LogP) is 3.60. The Morgan fingerprint density at radius 1 is 0.913 bits per heavy atom. The van der Waals surface area contributed by atoms with E-state index in [0.717, 1.165) is 10.9 Å². The quantitative estimate of drug-likeness (QED) is 0.395. The molecule has 0 fully saturated rings. The Labute approximate surface area is 132 Å². The molecule has 0 radical (unpaired) electrons. The third-order valence-corrected chi connectivity index (χ3v) is 3.26. The van der Waals surface area contributed by atoms with Crippen molar-refractivity contribution in [1.29, 1.82) is 0 Å². The number of nitro groups is 1. The maximum absolute atomic E-state index is 10.9. The van der Waals surface area contributed by atoms with Gasteiger partial charge >= 0.3 is 5.69 Å². The Hall–Kier alpha value is -3.15. The van der Waals surface area contributed by atoms with Crippen LogP contribution in [0.2, 0.25) is 0 Å². The fourth-order valence-corrected chi connectivity index (χ4v) is 2.23. The van der Waals surface area contributed by atoms with Crippen LogP contribution in [-0.2, 0) is 0 Å². The molecule has 0 aliphatic carbocycles. The maximum Gasteiger partial charge on any atom is 0.310 e. The van der Waals surface area contributed by atoms with Gasteiger partial charge in [0.05, 0.1) is 4.92 Å². The molecule has 0 saturated carbocycles. The number of benzene rings is 2. The Morgan fingerprint density at radius 2 is 1.61 bits per heavy atom. The van der Waals surface area contributed by atoms with E-state index in [9.17, 15) is 10.1 Å². The fourth-order valence-electron chi connectivity index (χ4n) is 2.23. The number of nitro benzene ring substituents is 1. The van der Waals surface area contributed by atoms with Gasteiger partial charge in [-0.1, -0.05) is 30.3 Å². The summed E-state index contributed by atoms with van der Waals surface area (Å²) in [6, 6.07) is 15.8. The lowest BCUT2D eigenvalue weighted by Crippen LogP contribution is -2.10. The number of ether oxygens (including phenoxy) is 2. The molecule has 0 unspecified atom stereocenters. The van der Waals surface area contributed by atoms with Crippen LogP contribution >= 0.6 is 0 Å². The van der Waals surface area contributed by atoms with Crippen molar-refractivity contribution in [2.75, 3.05) is 13.2 Å². The lowest BCUT2D eigenvalue weighted by molar-refractivity contribution is -0.385. The van der Waals surface area contributed by atoms with Gasteiger partial charge in [-0.15, -0.1) is 0 Å². The molecule has 0 aliphatic rings. The van der Waals surface area contributed by atoms with E-state index in [1.165, 1.54) is 6.07 Å². The van der Waals surface area contributed by atoms with Crippen LogP contribution < -0.4 is 9.47 Å². The van der Waals surface area contributed by atoms with E-state index < -0.39 is 4.92 Å². The third-order valence-electron chi connectivity index (χ3n) is 3.26. The van der Waals surface area contributed by atoms with E-state index in [1.807, 2.05) is 30.3 Å². The molecule has 0 N–H and O–H groups in total. The number of fused-ring (bicyclic) bond motifs is 1. The molecule has 0 aliphatic heterocycles. The molecule has 0 amide bonds. The van der Waals surface area contributed by atoms with E-state index in [1.54, 1.807) is 24.4 Å². The topological polar surface area (TPSA) is 74.5 Å². The zero-order valence-corrected chi connectivity index (χ0v) is 12.2. The molecular formula is C17H14N2O4. The smallest absolute Gasteiger partial charge is 0.310 e. The molecule has 2 aromatic carbocycles. The van der Waals surface area contributed by atoms with Crippen LogP contribution in [0.4, 0.5) is 5.69 Å². The molecule has 0 bridgehead atoms. The van der Waals surface area contributed by atoms with Gasteiger partial charge in [0, 0.05) is 17.6 Å². The number of hydrogen-bond donors (Lipinski definition) is 0. The predicted molar refractivity (Wildman–Crippen MR) is 85.8 cm³/mol. The maximum atomic E-state index is 10.9. The van der Waals surface area contributed by atoms with Crippen LogP contribution in [0.1, 0.15) is 0 Å². The third kappa shape index (κ3) is 3.37. The van der Waals surface area contributed by atoms with Crippen molar-refractivity contribution in [3.05, 3.63) is 70.9 Å². The van der Waals surface area contributed by atoms with Gasteiger partial charge in [0.15, 0.2) is 5.75 Å². The summed E-state index contributed by atoms with van der Waals surface area (Å²) in [4.78, 5) is 14.7. The molecule has 23 heavy (non-hydrogen) atoms. The number of para-hydroxylation sites is 3. The zero-order chi connectivity index (χ0) is 16.1. The summed E-state index contributed by atoms with van der Waals surface area (Å²) in [5, 5.41) is 11.9. The second-order valence-corrected chi connectivity index (χ2v) is 4.75. The number of aromatic nitrogens is 1. The van der Waals surface area contributed by atoms with E-state index in [2.05, 4.69) is 4.98 Å². The lowest BCUT2D eigenvalue weighted by Gasteiger charge is -2.10. The van der Waals surface area contributed by atoms with Crippen LogP contribution in [0.25, 0.3) is 10.9 Å². The summed E-state index contributed by atoms with van der Waals surface area (Å²) in [5.41, 5.74) is 0.722. The zero-order valence-electron chi connectivity index (χ0n) is 12.2. The van der Waals surface area contributed by atoms with Crippen LogP contribution in [-0.4, -0.2) is 23.1 Å². The summed E-state index contributed by atoms with van der Waals surface area (Å²) < 4.78 is 11.1. The van der Waals surface area contributed by atoms with Crippen molar-refractivity contribution in [3.63, 3.8) is 0 Å². The first kappa shape index (κ1) is 14.8. The Morgan fingerprint density at radius 3 is 2.43 bits per heavy atom. The molecule has 116 valence electrons. The first-order chi connectivity index (χ1) is 11.3. The highest BCUT2D eigenvalue weighted by Crippen LogP contribution is 2.26. The van der Waals surface area contributed by atoms with Gasteiger partial charge in [0.25, 0.3) is 0 Å². The lowest BCUT2D eigenvalue weighted by atomic mass is 10.2. The molecule has 6 heteroatoms. The molecule has 0 spiro atoms. The second kappa shape index (κ2) is 6.74. The Balaban J connectivity index is 1.63. The summed E-state index contributed by atoms with van der Waals surface area (Å²) in [6.07, 6.45) is 1.71. The number of pyridine rings is 1. The van der Waals surface area contributed by atoms with Crippen LogP contribution in [0, 0.1) is 10.1 Å². The molecule has 0 atom stereocenters. The molecule has 3 aromatic rings. The molecular weight excluding hydrogens is 296 g/mol. The SMILES string of the molecule is O=[N+]([O-])c1ccccc1OCCOc1cccc2cccnc12. The van der Waals surface area contributed by atoms with Crippen molar-refractivity contribution in [2.24, 2.45) is 0 Å². The minimum atomic E-state index is -0.467. The van der Waals surface area contributed by atoms with E-state index >= 15 is 0 Å².